The Hall–Kier alpha value is -3.02. The minimum absolute atomic E-state index is 0.125. The smallest absolute Gasteiger partial charge is 0.284 e. The Morgan fingerprint density at radius 1 is 1.07 bits per heavy atom. The number of phenols is 1. The standard InChI is InChI=1S/C24H30N2O4/c1-23(2,3)16-11-15(12-17(21(16)27)24(4,5)6)13-25-26-22(28)20-14-29-18-9-7-8-10-19(18)30-20/h7-13,20,27H,14H2,1-6H3,(H,26,28)/b25-13-/t20-/m1/s1. The molecule has 0 unspecified atom stereocenters. The number of nitrogens with one attached hydrogen (secondary N) is 1. The maximum absolute atomic E-state index is 12.4. The zero-order valence-corrected chi connectivity index (χ0v) is 18.4. The molecule has 0 bridgehead atoms. The van der Waals surface area contributed by atoms with Crippen molar-refractivity contribution in [2.75, 3.05) is 6.61 Å². The lowest BCUT2D eigenvalue weighted by molar-refractivity contribution is -0.130. The van der Waals surface area contributed by atoms with E-state index in [0.717, 1.165) is 16.7 Å². The van der Waals surface area contributed by atoms with Crippen LogP contribution in [0.1, 0.15) is 58.2 Å². The van der Waals surface area contributed by atoms with Crippen molar-refractivity contribution >= 4 is 12.1 Å². The van der Waals surface area contributed by atoms with Gasteiger partial charge in [0.1, 0.15) is 12.4 Å². The number of amides is 1. The van der Waals surface area contributed by atoms with Gasteiger partial charge in [0.25, 0.3) is 5.91 Å². The van der Waals surface area contributed by atoms with Crippen molar-refractivity contribution in [3.8, 4) is 17.2 Å². The molecule has 3 rings (SSSR count). The van der Waals surface area contributed by atoms with E-state index in [1.54, 1.807) is 18.3 Å². The monoisotopic (exact) mass is 410 g/mol. The lowest BCUT2D eigenvalue weighted by Gasteiger charge is -2.27. The van der Waals surface area contributed by atoms with Crippen LogP contribution in [-0.2, 0) is 15.6 Å². The molecular formula is C24H30N2O4. The average molecular weight is 411 g/mol. The number of benzene rings is 2. The normalized spacial score (nSPS) is 16.5. The number of aromatic hydroxyl groups is 1. The third kappa shape index (κ3) is 4.75. The van der Waals surface area contributed by atoms with Crippen molar-refractivity contribution in [1.82, 2.24) is 5.43 Å². The molecule has 0 spiro atoms. The van der Waals surface area contributed by atoms with Gasteiger partial charge in [0.2, 0.25) is 6.10 Å². The van der Waals surface area contributed by atoms with Crippen LogP contribution in [-0.4, -0.2) is 29.9 Å². The third-order valence-electron chi connectivity index (χ3n) is 4.94. The molecule has 2 aromatic rings. The summed E-state index contributed by atoms with van der Waals surface area (Å²) in [5, 5.41) is 14.9. The Morgan fingerprint density at radius 2 is 1.63 bits per heavy atom. The highest BCUT2D eigenvalue weighted by Crippen LogP contribution is 2.39. The van der Waals surface area contributed by atoms with E-state index < -0.39 is 6.10 Å². The zero-order chi connectivity index (χ0) is 22.1. The number of rotatable bonds is 3. The summed E-state index contributed by atoms with van der Waals surface area (Å²) in [4.78, 5) is 12.4. The number of hydrogen-bond donors (Lipinski definition) is 2. The molecule has 1 amide bonds. The molecule has 160 valence electrons. The van der Waals surface area contributed by atoms with Gasteiger partial charge in [-0.2, -0.15) is 5.10 Å². The summed E-state index contributed by atoms with van der Waals surface area (Å²) in [6, 6.07) is 11.0. The molecule has 0 aromatic heterocycles. The fourth-order valence-electron chi connectivity index (χ4n) is 3.27. The summed E-state index contributed by atoms with van der Waals surface area (Å²) in [6.45, 7) is 12.4. The maximum atomic E-state index is 12.4. The quantitative estimate of drug-likeness (QED) is 0.585. The van der Waals surface area contributed by atoms with E-state index in [-0.39, 0.29) is 23.3 Å². The molecule has 0 saturated heterocycles. The van der Waals surface area contributed by atoms with Crippen LogP contribution in [0.3, 0.4) is 0 Å². The molecule has 1 aliphatic heterocycles. The number of hydrogen-bond acceptors (Lipinski definition) is 5. The first-order chi connectivity index (χ1) is 14.0. The van der Waals surface area contributed by atoms with Gasteiger partial charge >= 0.3 is 0 Å². The Bertz CT molecular complexity index is 933. The van der Waals surface area contributed by atoms with Crippen LogP contribution in [0, 0.1) is 0 Å². The summed E-state index contributed by atoms with van der Waals surface area (Å²) < 4.78 is 11.3. The van der Waals surface area contributed by atoms with Gasteiger partial charge in [-0.3, -0.25) is 4.79 Å². The second kappa shape index (κ2) is 8.01. The van der Waals surface area contributed by atoms with E-state index in [1.807, 2.05) is 24.3 Å². The molecule has 6 heteroatoms. The fraction of sp³-hybridized carbons (Fsp3) is 0.417. The third-order valence-corrected chi connectivity index (χ3v) is 4.94. The number of carbonyl (C=O) groups is 1. The van der Waals surface area contributed by atoms with Gasteiger partial charge in [0, 0.05) is 11.1 Å². The zero-order valence-electron chi connectivity index (χ0n) is 18.4. The van der Waals surface area contributed by atoms with Crippen molar-refractivity contribution in [3.63, 3.8) is 0 Å². The van der Waals surface area contributed by atoms with Crippen LogP contribution in [0.2, 0.25) is 0 Å². The number of carbonyl (C=O) groups excluding carboxylic acids is 1. The lowest BCUT2D eigenvalue weighted by Crippen LogP contribution is -2.42. The van der Waals surface area contributed by atoms with Crippen molar-refractivity contribution in [2.45, 2.75) is 58.5 Å². The molecule has 30 heavy (non-hydrogen) atoms. The molecule has 0 aliphatic carbocycles. The van der Waals surface area contributed by atoms with Crippen molar-refractivity contribution in [1.29, 1.82) is 0 Å². The second-order valence-corrected chi connectivity index (χ2v) is 9.56. The Balaban J connectivity index is 1.77. The number of fused-ring (bicyclic) bond motifs is 1. The number of ether oxygens (including phenoxy) is 2. The van der Waals surface area contributed by atoms with E-state index in [9.17, 15) is 9.90 Å². The van der Waals surface area contributed by atoms with Crippen molar-refractivity contribution in [2.24, 2.45) is 5.10 Å². The maximum Gasteiger partial charge on any atom is 0.284 e. The number of nitrogens with zero attached hydrogens (tertiary/aromatic N) is 1. The van der Waals surface area contributed by atoms with Crippen molar-refractivity contribution in [3.05, 3.63) is 53.1 Å². The van der Waals surface area contributed by atoms with Crippen LogP contribution in [0.5, 0.6) is 17.2 Å². The van der Waals surface area contributed by atoms with Crippen molar-refractivity contribution < 1.29 is 19.4 Å². The minimum Gasteiger partial charge on any atom is -0.507 e. The SMILES string of the molecule is CC(C)(C)c1cc(/C=N\NC(=O)[C@H]2COc3ccccc3O2)cc(C(C)(C)C)c1O. The molecule has 0 radical (unpaired) electrons. The van der Waals surface area contributed by atoms with Crippen LogP contribution >= 0.6 is 0 Å². The molecule has 1 heterocycles. The summed E-state index contributed by atoms with van der Waals surface area (Å²) in [7, 11) is 0. The topological polar surface area (TPSA) is 80.2 Å². The second-order valence-electron chi connectivity index (χ2n) is 9.56. The van der Waals surface area contributed by atoms with E-state index in [4.69, 9.17) is 9.47 Å². The molecular weight excluding hydrogens is 380 g/mol. The first kappa shape index (κ1) is 21.7. The number of phenolic OH excluding ortho intramolecular Hbond substituents is 1. The summed E-state index contributed by atoms with van der Waals surface area (Å²) in [5.41, 5.74) is 4.52. The first-order valence-electron chi connectivity index (χ1n) is 10.1. The number of para-hydroxylation sites is 2. The minimum atomic E-state index is -0.771. The first-order valence-corrected chi connectivity index (χ1v) is 10.1. The van der Waals surface area contributed by atoms with E-state index in [2.05, 4.69) is 52.1 Å². The molecule has 0 fully saturated rings. The van der Waals surface area contributed by atoms with Crippen LogP contribution in [0.4, 0.5) is 0 Å². The Labute approximate surface area is 177 Å². The Kier molecular flexibility index (Phi) is 5.79. The van der Waals surface area contributed by atoms with Gasteiger partial charge in [-0.25, -0.2) is 5.43 Å². The van der Waals surface area contributed by atoms with Crippen LogP contribution < -0.4 is 14.9 Å². The summed E-state index contributed by atoms with van der Waals surface area (Å²) in [6.07, 6.45) is 0.812. The predicted octanol–water partition coefficient (Wildman–Crippen LogP) is 4.28. The summed E-state index contributed by atoms with van der Waals surface area (Å²) >= 11 is 0. The molecule has 6 nitrogen and oxygen atoms in total. The molecule has 0 saturated carbocycles. The fourth-order valence-corrected chi connectivity index (χ4v) is 3.27. The van der Waals surface area contributed by atoms with E-state index >= 15 is 0 Å². The average Bonchev–Trinajstić information content (AvgIpc) is 2.66. The van der Waals surface area contributed by atoms with Gasteiger partial charge in [0.05, 0.1) is 6.21 Å². The lowest BCUT2D eigenvalue weighted by atomic mass is 9.78. The van der Waals surface area contributed by atoms with Crippen LogP contribution in [0.15, 0.2) is 41.5 Å². The van der Waals surface area contributed by atoms with E-state index in [0.29, 0.717) is 17.2 Å². The molecule has 1 aliphatic rings. The van der Waals surface area contributed by atoms with Gasteiger partial charge in [0.15, 0.2) is 11.5 Å². The highest BCUT2D eigenvalue weighted by Gasteiger charge is 2.28. The van der Waals surface area contributed by atoms with Crippen LogP contribution in [0.25, 0.3) is 0 Å². The molecule has 1 atom stereocenters. The molecule has 2 N–H and O–H groups in total. The highest BCUT2D eigenvalue weighted by atomic mass is 16.6. The van der Waals surface area contributed by atoms with E-state index in [1.165, 1.54) is 0 Å². The van der Waals surface area contributed by atoms with Gasteiger partial charge < -0.3 is 14.6 Å². The molecule has 2 aromatic carbocycles. The summed E-state index contributed by atoms with van der Waals surface area (Å²) in [5.74, 6) is 1.09. The van der Waals surface area contributed by atoms with Gasteiger partial charge in [-0.15, -0.1) is 0 Å². The van der Waals surface area contributed by atoms with Gasteiger partial charge in [-0.05, 0) is 40.7 Å². The van der Waals surface area contributed by atoms with Gasteiger partial charge in [-0.1, -0.05) is 53.7 Å². The largest absolute Gasteiger partial charge is 0.507 e. The Morgan fingerprint density at radius 3 is 2.20 bits per heavy atom. The highest BCUT2D eigenvalue weighted by molar-refractivity contribution is 5.85. The predicted molar refractivity (Wildman–Crippen MR) is 118 cm³/mol. The number of hydrazone groups is 1.